The Kier molecular flexibility index (Phi) is 2.63. The van der Waals surface area contributed by atoms with Crippen LogP contribution in [0.4, 0.5) is 5.88 Å². The Balaban J connectivity index is 2.07. The quantitative estimate of drug-likeness (QED) is 0.860. The second-order valence-corrected chi connectivity index (χ2v) is 4.32. The molecule has 19 heavy (non-hydrogen) atoms. The van der Waals surface area contributed by atoms with E-state index in [0.29, 0.717) is 24.9 Å². The Bertz CT molecular complexity index is 621. The number of rotatable bonds is 2. The molecule has 2 N–H and O–H groups in total. The molecule has 0 aliphatic carbocycles. The monoisotopic (exact) mass is 260 g/mol. The fraction of sp³-hybridized carbons (Fsp3) is 0.231. The average Bonchev–Trinajstić information content (AvgIpc) is 2.97. The van der Waals surface area contributed by atoms with Gasteiger partial charge >= 0.3 is 0 Å². The molecule has 0 atom stereocenters. The summed E-state index contributed by atoms with van der Waals surface area (Å²) in [6.45, 7) is 0.478. The first kappa shape index (κ1) is 11.6. The first-order valence-corrected chi connectivity index (χ1v) is 5.94. The summed E-state index contributed by atoms with van der Waals surface area (Å²) in [5, 5.41) is 19.8. The highest BCUT2D eigenvalue weighted by Gasteiger charge is 2.31. The highest BCUT2D eigenvalue weighted by Crippen LogP contribution is 2.47. The minimum absolute atomic E-state index is 0.00106. The minimum Gasteiger partial charge on any atom is -0.502 e. The third-order valence-electron chi connectivity index (χ3n) is 3.08. The molecule has 0 spiro atoms. The molecule has 1 aliphatic heterocycles. The number of hydrogen-bond acceptors (Lipinski definition) is 5. The number of hydrogen-bond donors (Lipinski definition) is 2. The predicted molar refractivity (Wildman–Crippen MR) is 66.9 cm³/mol. The molecule has 3 rings (SSSR count). The average molecular weight is 260 g/mol. The molecule has 1 fully saturated rings. The number of nitrogens with zero attached hydrogens (tertiary/aromatic N) is 2. The van der Waals surface area contributed by atoms with Crippen LogP contribution in [0.15, 0.2) is 28.9 Å². The van der Waals surface area contributed by atoms with Crippen LogP contribution in [-0.2, 0) is 4.79 Å². The Morgan fingerprint density at radius 2 is 2.16 bits per heavy atom. The van der Waals surface area contributed by atoms with Crippen molar-refractivity contribution >= 4 is 11.8 Å². The lowest BCUT2D eigenvalue weighted by molar-refractivity contribution is -0.117. The predicted octanol–water partition coefficient (Wildman–Crippen LogP) is 1.88. The van der Waals surface area contributed by atoms with Crippen LogP contribution in [0.2, 0.25) is 0 Å². The molecular weight excluding hydrogens is 248 g/mol. The summed E-state index contributed by atoms with van der Waals surface area (Å²) in [5.74, 6) is -0.794. The van der Waals surface area contributed by atoms with Crippen LogP contribution in [0.25, 0.3) is 11.3 Å². The minimum atomic E-state index is -0.408. The third kappa shape index (κ3) is 1.81. The number of amides is 1. The van der Waals surface area contributed by atoms with E-state index < -0.39 is 5.75 Å². The summed E-state index contributed by atoms with van der Waals surface area (Å²) in [6, 6.07) is 3.38. The van der Waals surface area contributed by atoms with Gasteiger partial charge < -0.3 is 14.6 Å². The number of furan rings is 1. The normalized spacial score (nSPS) is 15.2. The molecule has 0 unspecified atom stereocenters. The molecule has 1 saturated heterocycles. The van der Waals surface area contributed by atoms with Crippen molar-refractivity contribution in [3.8, 4) is 22.8 Å². The molecule has 0 bridgehead atoms. The van der Waals surface area contributed by atoms with Crippen LogP contribution in [0.1, 0.15) is 12.8 Å². The van der Waals surface area contributed by atoms with Gasteiger partial charge in [-0.1, -0.05) is 0 Å². The number of pyridine rings is 1. The lowest BCUT2D eigenvalue weighted by atomic mass is 10.2. The summed E-state index contributed by atoms with van der Waals surface area (Å²) in [4.78, 5) is 16.9. The van der Waals surface area contributed by atoms with E-state index in [-0.39, 0.29) is 23.3 Å². The van der Waals surface area contributed by atoms with Crippen molar-refractivity contribution in [1.82, 2.24) is 4.98 Å². The van der Waals surface area contributed by atoms with Gasteiger partial charge in [0.05, 0.1) is 0 Å². The largest absolute Gasteiger partial charge is 0.502 e. The number of aromatic nitrogens is 1. The van der Waals surface area contributed by atoms with Crippen LogP contribution in [0, 0.1) is 0 Å². The van der Waals surface area contributed by atoms with Gasteiger partial charge in [0.2, 0.25) is 23.3 Å². The van der Waals surface area contributed by atoms with E-state index in [1.165, 1.54) is 11.1 Å². The topological polar surface area (TPSA) is 86.8 Å². The summed E-state index contributed by atoms with van der Waals surface area (Å²) >= 11 is 0. The van der Waals surface area contributed by atoms with E-state index in [0.717, 1.165) is 0 Å². The first-order chi connectivity index (χ1) is 9.18. The SMILES string of the molecule is O=C1CCCN1c1oc(-c2cccnc2)c(O)c1O. The molecule has 98 valence electrons. The van der Waals surface area contributed by atoms with Gasteiger partial charge in [-0.25, -0.2) is 0 Å². The molecule has 0 radical (unpaired) electrons. The van der Waals surface area contributed by atoms with Gasteiger partial charge in [-0.3, -0.25) is 14.7 Å². The number of carbonyl (C=O) groups excluding carboxylic acids is 1. The number of carbonyl (C=O) groups is 1. The molecular formula is C13H12N2O4. The van der Waals surface area contributed by atoms with Crippen molar-refractivity contribution in [2.24, 2.45) is 0 Å². The Labute approximate surface area is 108 Å². The van der Waals surface area contributed by atoms with Crippen LogP contribution < -0.4 is 4.90 Å². The maximum atomic E-state index is 11.6. The Morgan fingerprint density at radius 1 is 1.32 bits per heavy atom. The zero-order chi connectivity index (χ0) is 13.4. The molecule has 2 aromatic rings. The molecule has 6 nitrogen and oxygen atoms in total. The summed E-state index contributed by atoms with van der Waals surface area (Å²) in [6.07, 6.45) is 4.23. The summed E-state index contributed by atoms with van der Waals surface area (Å²) in [7, 11) is 0. The van der Waals surface area contributed by atoms with E-state index in [4.69, 9.17) is 4.42 Å². The highest BCUT2D eigenvalue weighted by atomic mass is 16.4. The van der Waals surface area contributed by atoms with Crippen molar-refractivity contribution in [2.75, 3.05) is 11.4 Å². The second kappa shape index (κ2) is 4.31. The number of anilines is 1. The maximum absolute atomic E-state index is 11.6. The van der Waals surface area contributed by atoms with Crippen molar-refractivity contribution in [3.63, 3.8) is 0 Å². The van der Waals surface area contributed by atoms with Crippen molar-refractivity contribution < 1.29 is 19.4 Å². The molecule has 0 saturated carbocycles. The van der Waals surface area contributed by atoms with E-state index in [2.05, 4.69) is 4.98 Å². The van der Waals surface area contributed by atoms with E-state index in [1.807, 2.05) is 0 Å². The molecule has 2 aromatic heterocycles. The van der Waals surface area contributed by atoms with Crippen LogP contribution in [0.5, 0.6) is 11.5 Å². The van der Waals surface area contributed by atoms with Crippen LogP contribution in [0.3, 0.4) is 0 Å². The van der Waals surface area contributed by atoms with Gasteiger partial charge in [-0.2, -0.15) is 0 Å². The molecule has 1 amide bonds. The fourth-order valence-corrected chi connectivity index (χ4v) is 2.14. The summed E-state index contributed by atoms with van der Waals surface area (Å²) < 4.78 is 5.45. The van der Waals surface area contributed by atoms with Crippen molar-refractivity contribution in [2.45, 2.75) is 12.8 Å². The molecule has 6 heteroatoms. The van der Waals surface area contributed by atoms with Crippen molar-refractivity contribution in [3.05, 3.63) is 24.5 Å². The van der Waals surface area contributed by atoms with Gasteiger partial charge in [-0.15, -0.1) is 0 Å². The first-order valence-electron chi connectivity index (χ1n) is 5.94. The standard InChI is InChI=1S/C13H12N2O4/c16-9-4-2-6-15(9)13-11(18)10(17)12(19-13)8-3-1-5-14-7-8/h1,3,5,7,17-18H,2,4,6H2. The maximum Gasteiger partial charge on any atom is 0.249 e. The van der Waals surface area contributed by atoms with Gasteiger partial charge in [-0.05, 0) is 18.6 Å². The lowest BCUT2D eigenvalue weighted by Crippen LogP contribution is -2.23. The van der Waals surface area contributed by atoms with Gasteiger partial charge in [0.15, 0.2) is 5.76 Å². The summed E-state index contributed by atoms with van der Waals surface area (Å²) in [5.41, 5.74) is 0.535. The van der Waals surface area contributed by atoms with Crippen molar-refractivity contribution in [1.29, 1.82) is 0 Å². The second-order valence-electron chi connectivity index (χ2n) is 4.32. The van der Waals surface area contributed by atoms with Gasteiger partial charge in [0, 0.05) is 30.9 Å². The van der Waals surface area contributed by atoms with Crippen LogP contribution >= 0.6 is 0 Å². The lowest BCUT2D eigenvalue weighted by Gasteiger charge is -2.11. The van der Waals surface area contributed by atoms with E-state index in [1.54, 1.807) is 18.3 Å². The Hall–Kier alpha value is -2.50. The van der Waals surface area contributed by atoms with Gasteiger partial charge in [0.25, 0.3) is 0 Å². The van der Waals surface area contributed by atoms with Crippen LogP contribution in [-0.4, -0.2) is 27.6 Å². The number of aromatic hydroxyl groups is 2. The fourth-order valence-electron chi connectivity index (χ4n) is 2.14. The molecule has 3 heterocycles. The van der Waals surface area contributed by atoms with Gasteiger partial charge in [0.1, 0.15) is 0 Å². The highest BCUT2D eigenvalue weighted by molar-refractivity contribution is 5.96. The third-order valence-corrected chi connectivity index (χ3v) is 3.08. The van der Waals surface area contributed by atoms with E-state index >= 15 is 0 Å². The van der Waals surface area contributed by atoms with E-state index in [9.17, 15) is 15.0 Å². The smallest absolute Gasteiger partial charge is 0.249 e. The zero-order valence-corrected chi connectivity index (χ0v) is 10.0. The molecule has 1 aliphatic rings. The zero-order valence-electron chi connectivity index (χ0n) is 10.0. The Morgan fingerprint density at radius 3 is 2.79 bits per heavy atom. The molecule has 0 aromatic carbocycles.